The Kier molecular flexibility index (Phi) is 3.03. The summed E-state index contributed by atoms with van der Waals surface area (Å²) in [5.41, 5.74) is 5.01. The van der Waals surface area contributed by atoms with Crippen LogP contribution in [0.2, 0.25) is 0 Å². The first kappa shape index (κ1) is 13.6. The minimum atomic E-state index is 0.639. The number of imidazole rings is 1. The van der Waals surface area contributed by atoms with Gasteiger partial charge in [0.05, 0.1) is 11.4 Å². The van der Waals surface area contributed by atoms with E-state index in [0.717, 1.165) is 42.5 Å². The second-order valence-electron chi connectivity index (χ2n) is 6.63. The van der Waals surface area contributed by atoms with Crippen LogP contribution in [0, 0.1) is 6.92 Å². The van der Waals surface area contributed by atoms with Crippen LogP contribution in [0.4, 0.5) is 0 Å². The topological polar surface area (TPSA) is 46.3 Å². The smallest absolute Gasteiger partial charge is 0.194 e. The Morgan fingerprint density at radius 3 is 3.09 bits per heavy atom. The molecule has 1 fully saturated rings. The van der Waals surface area contributed by atoms with Gasteiger partial charge in [0.15, 0.2) is 4.96 Å². The fourth-order valence-electron chi connectivity index (χ4n) is 3.41. The summed E-state index contributed by atoms with van der Waals surface area (Å²) in [6.45, 7) is 5.05. The summed E-state index contributed by atoms with van der Waals surface area (Å²) in [6, 6.07) is 0. The first-order chi connectivity index (χ1) is 11.3. The second-order valence-corrected chi connectivity index (χ2v) is 7.51. The lowest BCUT2D eigenvalue weighted by molar-refractivity contribution is 0.238. The van der Waals surface area contributed by atoms with Crippen molar-refractivity contribution in [1.29, 1.82) is 0 Å². The molecule has 23 heavy (non-hydrogen) atoms. The molecule has 1 aliphatic heterocycles. The molecule has 1 aliphatic carbocycles. The van der Waals surface area contributed by atoms with E-state index in [-0.39, 0.29) is 0 Å². The standard InChI is InChI=1S/C17H19N5S/c1-11-15(22-6-7-23-17(22)19-11)10-21-5-4-14-13(9-21)8-18-16(20-14)12-2-3-12/h6-8,12H,2-5,9-10H2,1H3. The fraction of sp³-hybridized carbons (Fsp3) is 0.471. The Morgan fingerprint density at radius 1 is 1.30 bits per heavy atom. The van der Waals surface area contributed by atoms with Crippen molar-refractivity contribution in [2.24, 2.45) is 0 Å². The van der Waals surface area contributed by atoms with Gasteiger partial charge in [-0.15, -0.1) is 11.3 Å². The van der Waals surface area contributed by atoms with Gasteiger partial charge in [0.2, 0.25) is 0 Å². The Morgan fingerprint density at radius 2 is 2.22 bits per heavy atom. The van der Waals surface area contributed by atoms with E-state index >= 15 is 0 Å². The summed E-state index contributed by atoms with van der Waals surface area (Å²) < 4.78 is 2.22. The molecule has 0 amide bonds. The molecular weight excluding hydrogens is 306 g/mol. The first-order valence-corrected chi connectivity index (χ1v) is 9.14. The van der Waals surface area contributed by atoms with Crippen LogP contribution in [0.5, 0.6) is 0 Å². The van der Waals surface area contributed by atoms with Gasteiger partial charge >= 0.3 is 0 Å². The van der Waals surface area contributed by atoms with Crippen molar-refractivity contribution in [3.8, 4) is 0 Å². The number of nitrogens with zero attached hydrogens (tertiary/aromatic N) is 5. The number of hydrogen-bond donors (Lipinski definition) is 0. The molecule has 5 nitrogen and oxygen atoms in total. The molecule has 0 aromatic carbocycles. The molecule has 5 rings (SSSR count). The van der Waals surface area contributed by atoms with E-state index < -0.39 is 0 Å². The van der Waals surface area contributed by atoms with Crippen molar-refractivity contribution in [1.82, 2.24) is 24.3 Å². The molecule has 118 valence electrons. The Labute approximate surface area is 139 Å². The van der Waals surface area contributed by atoms with Gasteiger partial charge in [-0.1, -0.05) is 0 Å². The number of thiazole rings is 1. The van der Waals surface area contributed by atoms with E-state index in [4.69, 9.17) is 4.98 Å². The van der Waals surface area contributed by atoms with Crippen molar-refractivity contribution in [3.63, 3.8) is 0 Å². The largest absolute Gasteiger partial charge is 0.293 e. The van der Waals surface area contributed by atoms with Crippen LogP contribution in [-0.4, -0.2) is 30.8 Å². The first-order valence-electron chi connectivity index (χ1n) is 8.26. The van der Waals surface area contributed by atoms with Crippen LogP contribution < -0.4 is 0 Å². The lowest BCUT2D eigenvalue weighted by atomic mass is 10.1. The van der Waals surface area contributed by atoms with Crippen molar-refractivity contribution >= 4 is 16.3 Å². The molecule has 0 N–H and O–H groups in total. The van der Waals surface area contributed by atoms with E-state index in [1.165, 1.54) is 29.8 Å². The maximum Gasteiger partial charge on any atom is 0.194 e. The SMILES string of the molecule is Cc1nc2sccn2c1CN1CCc2nc(C3CC3)ncc2C1. The Balaban J connectivity index is 1.39. The number of aryl methyl sites for hydroxylation is 1. The van der Waals surface area contributed by atoms with Crippen LogP contribution >= 0.6 is 11.3 Å². The monoisotopic (exact) mass is 325 g/mol. The zero-order valence-electron chi connectivity index (χ0n) is 13.2. The van der Waals surface area contributed by atoms with Crippen molar-refractivity contribution in [2.45, 2.75) is 45.2 Å². The van der Waals surface area contributed by atoms with E-state index in [0.29, 0.717) is 5.92 Å². The van der Waals surface area contributed by atoms with Crippen molar-refractivity contribution in [3.05, 3.63) is 46.2 Å². The van der Waals surface area contributed by atoms with Crippen LogP contribution in [0.15, 0.2) is 17.8 Å². The third kappa shape index (κ3) is 2.37. The second kappa shape index (κ2) is 5.11. The number of rotatable bonds is 3. The molecule has 3 aromatic rings. The fourth-order valence-corrected chi connectivity index (χ4v) is 4.18. The zero-order chi connectivity index (χ0) is 15.4. The summed E-state index contributed by atoms with van der Waals surface area (Å²) >= 11 is 1.70. The zero-order valence-corrected chi connectivity index (χ0v) is 14.0. The van der Waals surface area contributed by atoms with Crippen LogP contribution in [-0.2, 0) is 19.5 Å². The Bertz CT molecular complexity index is 876. The predicted octanol–water partition coefficient (Wildman–Crippen LogP) is 2.93. The average molecular weight is 325 g/mol. The Hall–Kier alpha value is -1.79. The third-order valence-corrected chi connectivity index (χ3v) is 5.67. The molecule has 4 heterocycles. The maximum absolute atomic E-state index is 4.81. The summed E-state index contributed by atoms with van der Waals surface area (Å²) in [6.07, 6.45) is 7.75. The van der Waals surface area contributed by atoms with Gasteiger partial charge in [0.1, 0.15) is 5.82 Å². The third-order valence-electron chi connectivity index (χ3n) is 4.91. The molecule has 0 spiro atoms. The molecule has 0 saturated heterocycles. The highest BCUT2D eigenvalue weighted by Gasteiger charge is 2.28. The van der Waals surface area contributed by atoms with E-state index in [1.54, 1.807) is 11.3 Å². The average Bonchev–Trinajstić information content (AvgIpc) is 3.25. The lowest BCUT2D eigenvalue weighted by Gasteiger charge is -2.28. The highest BCUT2D eigenvalue weighted by atomic mass is 32.1. The van der Waals surface area contributed by atoms with Crippen LogP contribution in [0.3, 0.4) is 0 Å². The highest BCUT2D eigenvalue weighted by molar-refractivity contribution is 7.15. The van der Waals surface area contributed by atoms with E-state index in [1.807, 2.05) is 0 Å². The van der Waals surface area contributed by atoms with Gasteiger partial charge in [-0.25, -0.2) is 15.0 Å². The number of hydrogen-bond acceptors (Lipinski definition) is 5. The predicted molar refractivity (Wildman–Crippen MR) is 89.6 cm³/mol. The molecule has 0 atom stereocenters. The molecular formula is C17H19N5S. The van der Waals surface area contributed by atoms with Gasteiger partial charge in [0.25, 0.3) is 0 Å². The van der Waals surface area contributed by atoms with Gasteiger partial charge in [-0.3, -0.25) is 9.30 Å². The summed E-state index contributed by atoms with van der Waals surface area (Å²) in [7, 11) is 0. The van der Waals surface area contributed by atoms with Gasteiger partial charge in [-0.05, 0) is 19.8 Å². The van der Waals surface area contributed by atoms with Crippen molar-refractivity contribution in [2.75, 3.05) is 6.54 Å². The molecule has 2 aliphatic rings. The maximum atomic E-state index is 4.81. The number of aromatic nitrogens is 4. The molecule has 3 aromatic heterocycles. The molecule has 0 bridgehead atoms. The number of fused-ring (bicyclic) bond motifs is 2. The molecule has 0 radical (unpaired) electrons. The normalized spacial score (nSPS) is 18.5. The van der Waals surface area contributed by atoms with Crippen molar-refractivity contribution < 1.29 is 0 Å². The van der Waals surface area contributed by atoms with E-state index in [9.17, 15) is 0 Å². The minimum absolute atomic E-state index is 0.639. The molecule has 6 heteroatoms. The quantitative estimate of drug-likeness (QED) is 0.743. The van der Waals surface area contributed by atoms with Crippen LogP contribution in [0.25, 0.3) is 4.96 Å². The summed E-state index contributed by atoms with van der Waals surface area (Å²) in [4.78, 5) is 17.6. The minimum Gasteiger partial charge on any atom is -0.293 e. The van der Waals surface area contributed by atoms with E-state index in [2.05, 4.69) is 44.0 Å². The summed E-state index contributed by atoms with van der Waals surface area (Å²) in [5, 5.41) is 2.10. The highest BCUT2D eigenvalue weighted by Crippen LogP contribution is 2.38. The lowest BCUT2D eigenvalue weighted by Crippen LogP contribution is -2.31. The van der Waals surface area contributed by atoms with Gasteiger partial charge in [0, 0.05) is 61.0 Å². The van der Waals surface area contributed by atoms with Gasteiger partial charge < -0.3 is 0 Å². The van der Waals surface area contributed by atoms with Gasteiger partial charge in [-0.2, -0.15) is 0 Å². The van der Waals surface area contributed by atoms with Crippen LogP contribution in [0.1, 0.15) is 47.2 Å². The molecule has 0 unspecified atom stereocenters. The molecule has 1 saturated carbocycles. The summed E-state index contributed by atoms with van der Waals surface area (Å²) in [5.74, 6) is 1.71.